The lowest BCUT2D eigenvalue weighted by Crippen LogP contribution is -2.18. The van der Waals surface area contributed by atoms with E-state index < -0.39 is 0 Å². The predicted octanol–water partition coefficient (Wildman–Crippen LogP) is 3.83. The molecule has 0 N–H and O–H groups in total. The van der Waals surface area contributed by atoms with E-state index in [4.69, 9.17) is 0 Å². The van der Waals surface area contributed by atoms with E-state index in [2.05, 4.69) is 28.1 Å². The fourth-order valence-electron chi connectivity index (χ4n) is 2.08. The van der Waals surface area contributed by atoms with E-state index in [-0.39, 0.29) is 0 Å². The third kappa shape index (κ3) is 2.99. The molecule has 0 unspecified atom stereocenters. The minimum absolute atomic E-state index is 0.517. The minimum atomic E-state index is 0.517. The fraction of sp³-hybridized carbons (Fsp3) is 0.125. The van der Waals surface area contributed by atoms with Crippen molar-refractivity contribution in [1.29, 1.82) is 10.5 Å². The van der Waals surface area contributed by atoms with Gasteiger partial charge in [0.1, 0.15) is 12.1 Å². The Morgan fingerprint density at radius 2 is 1.55 bits per heavy atom. The number of hydrogen-bond acceptors (Lipinski definition) is 3. The van der Waals surface area contributed by atoms with Crippen molar-refractivity contribution in [3.05, 3.63) is 63.6 Å². The lowest BCUT2D eigenvalue weighted by molar-refractivity contribution is 0.918. The zero-order valence-electron chi connectivity index (χ0n) is 11.0. The first-order valence-electron chi connectivity index (χ1n) is 6.04. The largest absolute Gasteiger partial charge is 0.368 e. The number of nitrogens with zero attached hydrogens (tertiary/aromatic N) is 3. The topological polar surface area (TPSA) is 50.8 Å². The summed E-state index contributed by atoms with van der Waals surface area (Å²) in [5, 5.41) is 18.4. The molecular formula is C16H12BrN3. The van der Waals surface area contributed by atoms with Gasteiger partial charge in [0.2, 0.25) is 0 Å². The van der Waals surface area contributed by atoms with Crippen LogP contribution in [0.4, 0.5) is 5.69 Å². The summed E-state index contributed by atoms with van der Waals surface area (Å²) in [6.45, 7) is 0.640. The smallest absolute Gasteiger partial charge is 0.101 e. The van der Waals surface area contributed by atoms with Crippen molar-refractivity contribution in [3.8, 4) is 12.1 Å². The second kappa shape index (κ2) is 6.23. The van der Waals surface area contributed by atoms with E-state index >= 15 is 0 Å². The van der Waals surface area contributed by atoms with Gasteiger partial charge in [-0.15, -0.1) is 0 Å². The lowest BCUT2D eigenvalue weighted by atomic mass is 10.1. The first kappa shape index (κ1) is 14.1. The average Bonchev–Trinajstić information content (AvgIpc) is 2.48. The lowest BCUT2D eigenvalue weighted by Gasteiger charge is -2.21. The van der Waals surface area contributed by atoms with Crippen molar-refractivity contribution in [3.63, 3.8) is 0 Å². The van der Waals surface area contributed by atoms with E-state index in [9.17, 15) is 10.5 Å². The van der Waals surface area contributed by atoms with Crippen LogP contribution in [0.25, 0.3) is 0 Å². The molecule has 0 saturated carbocycles. The average molecular weight is 326 g/mol. The molecule has 2 aromatic carbocycles. The Hall–Kier alpha value is -2.30. The van der Waals surface area contributed by atoms with Gasteiger partial charge >= 0.3 is 0 Å². The Labute approximate surface area is 126 Å². The van der Waals surface area contributed by atoms with Crippen LogP contribution in [0.15, 0.2) is 46.9 Å². The van der Waals surface area contributed by atoms with Crippen molar-refractivity contribution >= 4 is 21.6 Å². The highest BCUT2D eigenvalue weighted by molar-refractivity contribution is 9.10. The molecule has 0 atom stereocenters. The van der Waals surface area contributed by atoms with E-state index in [1.807, 2.05) is 36.2 Å². The molecule has 0 amide bonds. The maximum absolute atomic E-state index is 9.20. The Morgan fingerprint density at radius 1 is 1.00 bits per heavy atom. The standard InChI is InChI=1S/C16H12BrN3/c1-20(11-12-5-7-15(17)8-6-12)16-13(9-18)3-2-4-14(16)10-19/h2-8H,11H2,1H3. The van der Waals surface area contributed by atoms with Gasteiger partial charge in [0.15, 0.2) is 0 Å². The van der Waals surface area contributed by atoms with Gasteiger partial charge in [0.25, 0.3) is 0 Å². The summed E-state index contributed by atoms with van der Waals surface area (Å²) in [5.74, 6) is 0. The van der Waals surface area contributed by atoms with E-state index in [0.717, 1.165) is 10.0 Å². The molecule has 2 aromatic rings. The maximum Gasteiger partial charge on any atom is 0.101 e. The van der Waals surface area contributed by atoms with Gasteiger partial charge in [-0.1, -0.05) is 34.1 Å². The van der Waals surface area contributed by atoms with Gasteiger partial charge in [-0.05, 0) is 29.8 Å². The predicted molar refractivity (Wildman–Crippen MR) is 82.1 cm³/mol. The Kier molecular flexibility index (Phi) is 4.40. The van der Waals surface area contributed by atoms with Crippen molar-refractivity contribution in [2.75, 3.05) is 11.9 Å². The molecule has 0 radical (unpaired) electrons. The molecule has 0 fully saturated rings. The van der Waals surface area contributed by atoms with E-state index in [1.54, 1.807) is 18.2 Å². The van der Waals surface area contributed by atoms with Crippen LogP contribution >= 0.6 is 15.9 Å². The van der Waals surface area contributed by atoms with Crippen molar-refractivity contribution < 1.29 is 0 Å². The molecule has 0 aliphatic heterocycles. The van der Waals surface area contributed by atoms with Crippen LogP contribution in [0.1, 0.15) is 16.7 Å². The first-order chi connectivity index (χ1) is 9.65. The molecule has 0 heterocycles. The number of hydrogen-bond donors (Lipinski definition) is 0. The third-order valence-electron chi connectivity index (χ3n) is 2.99. The van der Waals surface area contributed by atoms with Gasteiger partial charge in [-0.2, -0.15) is 10.5 Å². The molecule has 4 heteroatoms. The minimum Gasteiger partial charge on any atom is -0.368 e. The highest BCUT2D eigenvalue weighted by Gasteiger charge is 2.12. The molecule has 3 nitrogen and oxygen atoms in total. The fourth-order valence-corrected chi connectivity index (χ4v) is 2.34. The molecule has 0 saturated heterocycles. The number of nitriles is 2. The second-order valence-electron chi connectivity index (χ2n) is 4.41. The Bertz CT molecular complexity index is 661. The van der Waals surface area contributed by atoms with Crippen LogP contribution in [-0.4, -0.2) is 7.05 Å². The highest BCUT2D eigenvalue weighted by atomic mass is 79.9. The summed E-state index contributed by atoms with van der Waals surface area (Å²) < 4.78 is 1.03. The molecule has 20 heavy (non-hydrogen) atoms. The third-order valence-corrected chi connectivity index (χ3v) is 3.52. The molecule has 0 aliphatic carbocycles. The van der Waals surface area contributed by atoms with Crippen molar-refractivity contribution in [2.45, 2.75) is 6.54 Å². The summed E-state index contributed by atoms with van der Waals surface area (Å²) in [5.41, 5.74) is 2.83. The first-order valence-corrected chi connectivity index (χ1v) is 6.84. The number of rotatable bonds is 3. The summed E-state index contributed by atoms with van der Waals surface area (Å²) in [6, 6.07) is 17.5. The zero-order valence-corrected chi connectivity index (χ0v) is 12.6. The quantitative estimate of drug-likeness (QED) is 0.861. The number of para-hydroxylation sites is 1. The SMILES string of the molecule is CN(Cc1ccc(Br)cc1)c1c(C#N)cccc1C#N. The van der Waals surface area contributed by atoms with Crippen LogP contribution in [0.3, 0.4) is 0 Å². The van der Waals surface area contributed by atoms with E-state index in [0.29, 0.717) is 23.4 Å². The summed E-state index contributed by atoms with van der Waals surface area (Å²) in [4.78, 5) is 1.93. The van der Waals surface area contributed by atoms with Crippen LogP contribution < -0.4 is 4.90 Å². The van der Waals surface area contributed by atoms with Gasteiger partial charge in [-0.3, -0.25) is 0 Å². The summed E-state index contributed by atoms with van der Waals surface area (Å²) >= 11 is 3.40. The normalized spacial score (nSPS) is 9.60. The Morgan fingerprint density at radius 3 is 2.05 bits per heavy atom. The highest BCUT2D eigenvalue weighted by Crippen LogP contribution is 2.25. The molecule has 0 spiro atoms. The maximum atomic E-state index is 9.20. The number of benzene rings is 2. The van der Waals surface area contributed by atoms with Gasteiger partial charge in [0, 0.05) is 18.1 Å². The van der Waals surface area contributed by atoms with Crippen molar-refractivity contribution in [1.82, 2.24) is 0 Å². The van der Waals surface area contributed by atoms with E-state index in [1.165, 1.54) is 0 Å². The molecule has 0 aliphatic rings. The van der Waals surface area contributed by atoms with Gasteiger partial charge < -0.3 is 4.90 Å². The zero-order chi connectivity index (χ0) is 14.5. The van der Waals surface area contributed by atoms with Crippen molar-refractivity contribution in [2.24, 2.45) is 0 Å². The van der Waals surface area contributed by atoms with Crippen LogP contribution in [0.5, 0.6) is 0 Å². The Balaban J connectivity index is 2.34. The monoisotopic (exact) mass is 325 g/mol. The molecule has 0 bridgehead atoms. The van der Waals surface area contributed by atoms with Crippen LogP contribution in [0, 0.1) is 22.7 Å². The van der Waals surface area contributed by atoms with Crippen LogP contribution in [0.2, 0.25) is 0 Å². The molecule has 2 rings (SSSR count). The summed E-state index contributed by atoms with van der Waals surface area (Å²) in [7, 11) is 1.89. The molecule has 98 valence electrons. The summed E-state index contributed by atoms with van der Waals surface area (Å²) in [6.07, 6.45) is 0. The second-order valence-corrected chi connectivity index (χ2v) is 5.32. The number of halogens is 1. The van der Waals surface area contributed by atoms with Gasteiger partial charge in [-0.25, -0.2) is 0 Å². The number of anilines is 1. The molecular weight excluding hydrogens is 314 g/mol. The van der Waals surface area contributed by atoms with Gasteiger partial charge in [0.05, 0.1) is 16.8 Å². The van der Waals surface area contributed by atoms with Crippen LogP contribution in [-0.2, 0) is 6.54 Å². The molecule has 0 aromatic heterocycles.